The number of nitrogens with zero attached hydrogens (tertiary/aromatic N) is 1. The molecule has 0 amide bonds. The molecule has 2 bridgehead atoms. The molecule has 2 heteroatoms. The topological polar surface area (TPSA) is 12.9 Å². The summed E-state index contributed by atoms with van der Waals surface area (Å²) in [7, 11) is 0. The van der Waals surface area contributed by atoms with Crippen molar-refractivity contribution in [3.05, 3.63) is 40.7 Å². The highest BCUT2D eigenvalue weighted by Crippen LogP contribution is 2.49. The molecule has 3 rings (SSSR count). The van der Waals surface area contributed by atoms with Gasteiger partial charge in [-0.1, -0.05) is 23.8 Å². The summed E-state index contributed by atoms with van der Waals surface area (Å²) in [5, 5.41) is 0.886. The van der Waals surface area contributed by atoms with E-state index in [9.17, 15) is 0 Å². The number of fused-ring (bicyclic) bond motifs is 5. The summed E-state index contributed by atoms with van der Waals surface area (Å²) in [6.07, 6.45) is 7.48. The van der Waals surface area contributed by atoms with Crippen LogP contribution in [0.3, 0.4) is 0 Å². The maximum atomic E-state index is 6.09. The Bertz CT molecular complexity index is 370. The van der Waals surface area contributed by atoms with Crippen molar-refractivity contribution in [2.75, 3.05) is 0 Å². The fourth-order valence-electron chi connectivity index (χ4n) is 2.24. The van der Waals surface area contributed by atoms with Gasteiger partial charge in [0.2, 0.25) is 0 Å². The van der Waals surface area contributed by atoms with Gasteiger partial charge in [0, 0.05) is 23.1 Å². The van der Waals surface area contributed by atoms with Gasteiger partial charge in [0.25, 0.3) is 0 Å². The quantitative estimate of drug-likeness (QED) is 0.556. The van der Waals surface area contributed by atoms with Gasteiger partial charge >= 0.3 is 0 Å². The fraction of sp³-hybridized carbons (Fsp3) is 0.300. The first-order valence-corrected chi connectivity index (χ1v) is 4.56. The Morgan fingerprint density at radius 1 is 1.33 bits per heavy atom. The molecule has 2 unspecified atom stereocenters. The van der Waals surface area contributed by atoms with Crippen LogP contribution in [0.5, 0.6) is 0 Å². The van der Waals surface area contributed by atoms with Gasteiger partial charge in [0.15, 0.2) is 0 Å². The van der Waals surface area contributed by atoms with Gasteiger partial charge in [-0.3, -0.25) is 4.98 Å². The Kier molecular flexibility index (Phi) is 1.17. The second-order valence-electron chi connectivity index (χ2n) is 3.43. The molecule has 2 aliphatic carbocycles. The number of pyridine rings is 1. The van der Waals surface area contributed by atoms with Crippen molar-refractivity contribution < 1.29 is 0 Å². The van der Waals surface area contributed by atoms with E-state index < -0.39 is 0 Å². The molecule has 0 aromatic carbocycles. The third-order valence-corrected chi connectivity index (χ3v) is 3.10. The summed E-state index contributed by atoms with van der Waals surface area (Å²) < 4.78 is 0. The number of hydrogen-bond donors (Lipinski definition) is 0. The van der Waals surface area contributed by atoms with Crippen LogP contribution in [-0.2, 0) is 0 Å². The molecular weight excluding hydrogens is 170 g/mol. The van der Waals surface area contributed by atoms with Gasteiger partial charge in [-0.05, 0) is 18.1 Å². The van der Waals surface area contributed by atoms with Crippen LogP contribution in [0, 0.1) is 0 Å². The zero-order chi connectivity index (χ0) is 8.13. The van der Waals surface area contributed by atoms with Crippen molar-refractivity contribution in [1.29, 1.82) is 0 Å². The monoisotopic (exact) mass is 177 g/mol. The molecule has 1 aromatic heterocycles. The van der Waals surface area contributed by atoms with Gasteiger partial charge in [-0.15, -0.1) is 0 Å². The number of rotatable bonds is 0. The second-order valence-corrected chi connectivity index (χ2v) is 3.83. The lowest BCUT2D eigenvalue weighted by Gasteiger charge is -2.09. The fourth-order valence-corrected chi connectivity index (χ4v) is 2.54. The molecule has 0 fully saturated rings. The molecule has 0 saturated carbocycles. The van der Waals surface area contributed by atoms with Gasteiger partial charge < -0.3 is 0 Å². The largest absolute Gasteiger partial charge is 0.260 e. The van der Waals surface area contributed by atoms with Gasteiger partial charge in [0.1, 0.15) is 0 Å². The predicted octanol–water partition coefficient (Wildman–Crippen LogP) is 2.88. The smallest absolute Gasteiger partial charge is 0.0525 e. The summed E-state index contributed by atoms with van der Waals surface area (Å²) in [6.45, 7) is 0. The summed E-state index contributed by atoms with van der Waals surface area (Å²) in [6, 6.07) is 1.88. The first-order valence-electron chi connectivity index (χ1n) is 4.19. The Hall–Kier alpha value is -0.820. The van der Waals surface area contributed by atoms with Crippen LogP contribution in [0.1, 0.15) is 29.5 Å². The minimum Gasteiger partial charge on any atom is -0.260 e. The van der Waals surface area contributed by atoms with Crippen LogP contribution in [0.2, 0.25) is 5.02 Å². The van der Waals surface area contributed by atoms with Crippen molar-refractivity contribution >= 4 is 11.6 Å². The summed E-state index contributed by atoms with van der Waals surface area (Å²) in [5.74, 6) is 1.09. The molecule has 0 spiro atoms. The van der Waals surface area contributed by atoms with Crippen LogP contribution in [0.15, 0.2) is 24.4 Å². The van der Waals surface area contributed by atoms with Crippen LogP contribution < -0.4 is 0 Å². The lowest BCUT2D eigenvalue weighted by molar-refractivity contribution is 0.795. The Morgan fingerprint density at radius 3 is 3.00 bits per heavy atom. The van der Waals surface area contributed by atoms with E-state index in [1.807, 2.05) is 6.07 Å². The molecule has 1 aromatic rings. The Balaban J connectivity index is 2.30. The van der Waals surface area contributed by atoms with Gasteiger partial charge in [-0.2, -0.15) is 0 Å². The van der Waals surface area contributed by atoms with Gasteiger partial charge in [0.05, 0.1) is 5.69 Å². The number of allylic oxidation sites excluding steroid dienone is 2. The van der Waals surface area contributed by atoms with Crippen LogP contribution in [0.25, 0.3) is 0 Å². The molecule has 12 heavy (non-hydrogen) atoms. The van der Waals surface area contributed by atoms with Crippen LogP contribution >= 0.6 is 11.6 Å². The number of aromatic nitrogens is 1. The lowest BCUT2D eigenvalue weighted by Crippen LogP contribution is -1.96. The highest BCUT2D eigenvalue weighted by atomic mass is 35.5. The van der Waals surface area contributed by atoms with Crippen LogP contribution in [0.4, 0.5) is 0 Å². The van der Waals surface area contributed by atoms with E-state index in [1.165, 1.54) is 17.7 Å². The number of hydrogen-bond acceptors (Lipinski definition) is 1. The number of halogens is 1. The highest BCUT2D eigenvalue weighted by Gasteiger charge is 2.35. The molecule has 0 aliphatic heterocycles. The molecule has 1 heterocycles. The van der Waals surface area contributed by atoms with E-state index in [0.717, 1.165) is 5.02 Å². The zero-order valence-electron chi connectivity index (χ0n) is 6.50. The van der Waals surface area contributed by atoms with Crippen molar-refractivity contribution in [1.82, 2.24) is 4.98 Å². The van der Waals surface area contributed by atoms with Crippen molar-refractivity contribution in [2.24, 2.45) is 0 Å². The Labute approximate surface area is 76.1 Å². The first-order chi connectivity index (χ1) is 5.86. The van der Waals surface area contributed by atoms with E-state index in [2.05, 4.69) is 17.1 Å². The molecule has 2 aliphatic rings. The summed E-state index contributed by atoms with van der Waals surface area (Å²) >= 11 is 6.09. The Morgan fingerprint density at radius 2 is 2.17 bits per heavy atom. The molecule has 0 saturated heterocycles. The predicted molar refractivity (Wildman–Crippen MR) is 48.5 cm³/mol. The average molecular weight is 178 g/mol. The van der Waals surface area contributed by atoms with Crippen molar-refractivity contribution in [2.45, 2.75) is 18.3 Å². The van der Waals surface area contributed by atoms with E-state index in [1.54, 1.807) is 6.20 Å². The second kappa shape index (κ2) is 2.11. The maximum Gasteiger partial charge on any atom is 0.0525 e. The normalized spacial score (nSPS) is 29.4. The summed E-state index contributed by atoms with van der Waals surface area (Å²) in [5.41, 5.74) is 2.47. The van der Waals surface area contributed by atoms with Crippen molar-refractivity contribution in [3.63, 3.8) is 0 Å². The van der Waals surface area contributed by atoms with E-state index in [4.69, 9.17) is 11.6 Å². The van der Waals surface area contributed by atoms with E-state index in [-0.39, 0.29) is 0 Å². The first kappa shape index (κ1) is 6.67. The molecule has 2 atom stereocenters. The minimum absolute atomic E-state index is 0.545. The molecule has 60 valence electrons. The average Bonchev–Trinajstić information content (AvgIpc) is 2.64. The van der Waals surface area contributed by atoms with Crippen molar-refractivity contribution in [3.8, 4) is 0 Å². The highest BCUT2D eigenvalue weighted by molar-refractivity contribution is 6.31. The third-order valence-electron chi connectivity index (χ3n) is 2.77. The molecule has 0 N–H and O–H groups in total. The van der Waals surface area contributed by atoms with E-state index in [0.29, 0.717) is 11.8 Å². The molecule has 1 nitrogen and oxygen atoms in total. The lowest BCUT2D eigenvalue weighted by atomic mass is 10.0. The van der Waals surface area contributed by atoms with E-state index >= 15 is 0 Å². The standard InChI is InChI=1S/C10H8ClN/c11-8-3-4-12-10-7-2-1-6(5-7)9(8)10/h1-4,6-7H,5H2. The van der Waals surface area contributed by atoms with Crippen LogP contribution in [-0.4, -0.2) is 4.98 Å². The third kappa shape index (κ3) is 0.674. The minimum atomic E-state index is 0.545. The molecular formula is C10H8ClN. The zero-order valence-corrected chi connectivity index (χ0v) is 7.25. The summed E-state index contributed by atoms with van der Waals surface area (Å²) in [4.78, 5) is 4.37. The van der Waals surface area contributed by atoms with Gasteiger partial charge in [-0.25, -0.2) is 0 Å². The molecule has 0 radical (unpaired) electrons. The SMILES string of the molecule is Clc1ccnc2c1C1C=CC2C1. The maximum absolute atomic E-state index is 6.09.